The number of nitro groups is 1. The van der Waals surface area contributed by atoms with Crippen molar-refractivity contribution in [2.45, 2.75) is 32.2 Å². The van der Waals surface area contributed by atoms with Crippen LogP contribution in [0.2, 0.25) is 0 Å². The molecular formula is C15H23N3O2. The second-order valence-electron chi connectivity index (χ2n) is 5.26. The van der Waals surface area contributed by atoms with E-state index in [1.165, 1.54) is 0 Å². The summed E-state index contributed by atoms with van der Waals surface area (Å²) >= 11 is 0. The van der Waals surface area contributed by atoms with Gasteiger partial charge in [-0.25, -0.2) is 0 Å². The molecule has 1 aromatic carbocycles. The van der Waals surface area contributed by atoms with Gasteiger partial charge in [0.2, 0.25) is 0 Å². The Hall–Kier alpha value is -1.46. The molecule has 110 valence electrons. The fourth-order valence-corrected chi connectivity index (χ4v) is 2.86. The molecule has 5 heteroatoms. The van der Waals surface area contributed by atoms with E-state index in [0.717, 1.165) is 51.0 Å². The van der Waals surface area contributed by atoms with Gasteiger partial charge in [0.15, 0.2) is 0 Å². The van der Waals surface area contributed by atoms with Crippen LogP contribution in [0.4, 0.5) is 5.69 Å². The maximum Gasteiger partial charge on any atom is 0.274 e. The summed E-state index contributed by atoms with van der Waals surface area (Å²) in [5.41, 5.74) is 1.12. The number of benzene rings is 1. The number of hydrogen-bond acceptors (Lipinski definition) is 4. The molecule has 0 saturated carbocycles. The van der Waals surface area contributed by atoms with Crippen molar-refractivity contribution < 1.29 is 4.92 Å². The highest BCUT2D eigenvalue weighted by Crippen LogP contribution is 2.33. The first kappa shape index (κ1) is 14.9. The summed E-state index contributed by atoms with van der Waals surface area (Å²) in [4.78, 5) is 13.4. The Kier molecular flexibility index (Phi) is 5.49. The third-order valence-corrected chi connectivity index (χ3v) is 3.92. The highest BCUT2D eigenvalue weighted by molar-refractivity contribution is 5.42. The lowest BCUT2D eigenvalue weighted by Gasteiger charge is -2.35. The highest BCUT2D eigenvalue weighted by atomic mass is 16.6. The first-order valence-corrected chi connectivity index (χ1v) is 7.42. The molecule has 0 spiro atoms. The van der Waals surface area contributed by atoms with Crippen LogP contribution in [0.5, 0.6) is 0 Å². The third-order valence-electron chi connectivity index (χ3n) is 3.92. The SMILES string of the molecule is CCCC[C@H](c1ccccc1[N+](=O)[O-])N1CCNCC1. The van der Waals surface area contributed by atoms with Crippen molar-refractivity contribution in [2.75, 3.05) is 26.2 Å². The molecule has 1 heterocycles. The van der Waals surface area contributed by atoms with Gasteiger partial charge in [0.1, 0.15) is 0 Å². The highest BCUT2D eigenvalue weighted by Gasteiger charge is 2.27. The predicted octanol–water partition coefficient (Wildman–Crippen LogP) is 2.73. The second kappa shape index (κ2) is 7.36. The van der Waals surface area contributed by atoms with Crippen LogP contribution in [0, 0.1) is 10.1 Å². The van der Waals surface area contributed by atoms with Crippen LogP contribution in [-0.4, -0.2) is 36.0 Å². The fourth-order valence-electron chi connectivity index (χ4n) is 2.86. The molecule has 0 unspecified atom stereocenters. The second-order valence-corrected chi connectivity index (χ2v) is 5.26. The van der Waals surface area contributed by atoms with Crippen LogP contribution >= 0.6 is 0 Å². The monoisotopic (exact) mass is 277 g/mol. The predicted molar refractivity (Wildman–Crippen MR) is 79.8 cm³/mol. The number of nitro benzene ring substituents is 1. The summed E-state index contributed by atoms with van der Waals surface area (Å²) in [5, 5.41) is 14.6. The van der Waals surface area contributed by atoms with Crippen molar-refractivity contribution in [3.8, 4) is 0 Å². The molecule has 1 fully saturated rings. The Balaban J connectivity index is 2.27. The van der Waals surface area contributed by atoms with Gasteiger partial charge in [-0.3, -0.25) is 15.0 Å². The molecule has 0 aromatic heterocycles. The summed E-state index contributed by atoms with van der Waals surface area (Å²) in [6.45, 7) is 6.00. The maximum atomic E-state index is 11.3. The Morgan fingerprint density at radius 3 is 2.70 bits per heavy atom. The average Bonchev–Trinajstić information content (AvgIpc) is 2.49. The molecule has 1 aliphatic heterocycles. The Bertz CT molecular complexity index is 444. The zero-order chi connectivity index (χ0) is 14.4. The van der Waals surface area contributed by atoms with E-state index in [1.807, 2.05) is 12.1 Å². The molecule has 1 aliphatic rings. The summed E-state index contributed by atoms with van der Waals surface area (Å²) in [7, 11) is 0. The molecule has 0 aliphatic carbocycles. The summed E-state index contributed by atoms with van der Waals surface area (Å²) < 4.78 is 0. The minimum absolute atomic E-state index is 0.165. The van der Waals surface area contributed by atoms with Gasteiger partial charge >= 0.3 is 0 Å². The summed E-state index contributed by atoms with van der Waals surface area (Å²) in [5.74, 6) is 0. The standard InChI is InChI=1S/C15H23N3O2/c1-2-3-7-14(17-11-9-16-10-12-17)13-6-4-5-8-15(13)18(19)20/h4-6,8,14,16H,2-3,7,9-12H2,1H3/t14-/m1/s1. The van der Waals surface area contributed by atoms with Gasteiger partial charge in [0.25, 0.3) is 5.69 Å². The zero-order valence-electron chi connectivity index (χ0n) is 12.0. The van der Waals surface area contributed by atoms with Crippen molar-refractivity contribution in [1.82, 2.24) is 10.2 Å². The normalized spacial score (nSPS) is 17.9. The molecule has 1 atom stereocenters. The van der Waals surface area contributed by atoms with Gasteiger partial charge in [-0.05, 0) is 6.42 Å². The maximum absolute atomic E-state index is 11.3. The quantitative estimate of drug-likeness (QED) is 0.641. The van der Waals surface area contributed by atoms with Gasteiger partial charge in [-0.2, -0.15) is 0 Å². The van der Waals surface area contributed by atoms with Crippen LogP contribution in [0.25, 0.3) is 0 Å². The van der Waals surface area contributed by atoms with E-state index in [0.29, 0.717) is 0 Å². The minimum atomic E-state index is -0.253. The average molecular weight is 277 g/mol. The smallest absolute Gasteiger partial charge is 0.274 e. The summed E-state index contributed by atoms with van der Waals surface area (Å²) in [6.07, 6.45) is 3.20. The van der Waals surface area contributed by atoms with Crippen molar-refractivity contribution in [3.05, 3.63) is 39.9 Å². The van der Waals surface area contributed by atoms with Crippen LogP contribution in [-0.2, 0) is 0 Å². The number of nitrogens with one attached hydrogen (secondary N) is 1. The number of hydrogen-bond donors (Lipinski definition) is 1. The van der Waals surface area contributed by atoms with Crippen molar-refractivity contribution in [3.63, 3.8) is 0 Å². The van der Waals surface area contributed by atoms with Crippen molar-refractivity contribution >= 4 is 5.69 Å². The van der Waals surface area contributed by atoms with E-state index < -0.39 is 0 Å². The first-order chi connectivity index (χ1) is 9.74. The van der Waals surface area contributed by atoms with Crippen LogP contribution in [0.3, 0.4) is 0 Å². The lowest BCUT2D eigenvalue weighted by molar-refractivity contribution is -0.386. The molecule has 1 N–H and O–H groups in total. The molecule has 0 amide bonds. The van der Waals surface area contributed by atoms with E-state index in [9.17, 15) is 10.1 Å². The van der Waals surface area contributed by atoms with Crippen molar-refractivity contribution in [2.24, 2.45) is 0 Å². The Labute approximate surface area is 120 Å². The van der Waals surface area contributed by atoms with E-state index in [2.05, 4.69) is 17.1 Å². The number of nitrogens with zero attached hydrogens (tertiary/aromatic N) is 2. The fraction of sp³-hybridized carbons (Fsp3) is 0.600. The number of rotatable bonds is 6. The van der Waals surface area contributed by atoms with E-state index in [-0.39, 0.29) is 16.7 Å². The van der Waals surface area contributed by atoms with Crippen LogP contribution < -0.4 is 5.32 Å². The van der Waals surface area contributed by atoms with Gasteiger partial charge in [0.05, 0.1) is 4.92 Å². The largest absolute Gasteiger partial charge is 0.314 e. The summed E-state index contributed by atoms with van der Waals surface area (Å²) in [6, 6.07) is 7.36. The first-order valence-electron chi connectivity index (χ1n) is 7.42. The lowest BCUT2D eigenvalue weighted by atomic mass is 9.97. The van der Waals surface area contributed by atoms with Crippen LogP contribution in [0.15, 0.2) is 24.3 Å². The van der Waals surface area contributed by atoms with E-state index in [1.54, 1.807) is 12.1 Å². The van der Waals surface area contributed by atoms with Gasteiger partial charge in [-0.1, -0.05) is 38.0 Å². The van der Waals surface area contributed by atoms with E-state index >= 15 is 0 Å². The van der Waals surface area contributed by atoms with Gasteiger partial charge in [0, 0.05) is 43.9 Å². The molecular weight excluding hydrogens is 254 g/mol. The third kappa shape index (κ3) is 3.55. The molecule has 1 aromatic rings. The Morgan fingerprint density at radius 1 is 1.35 bits per heavy atom. The lowest BCUT2D eigenvalue weighted by Crippen LogP contribution is -2.45. The van der Waals surface area contributed by atoms with Crippen molar-refractivity contribution in [1.29, 1.82) is 0 Å². The number of piperazine rings is 1. The zero-order valence-corrected chi connectivity index (χ0v) is 12.0. The Morgan fingerprint density at radius 2 is 2.05 bits per heavy atom. The van der Waals surface area contributed by atoms with Gasteiger partial charge < -0.3 is 5.32 Å². The number of para-hydroxylation sites is 1. The molecule has 5 nitrogen and oxygen atoms in total. The molecule has 1 saturated heterocycles. The van der Waals surface area contributed by atoms with Gasteiger partial charge in [-0.15, -0.1) is 0 Å². The number of unbranched alkanes of at least 4 members (excludes halogenated alkanes) is 1. The molecule has 0 radical (unpaired) electrons. The van der Waals surface area contributed by atoms with E-state index in [4.69, 9.17) is 0 Å². The van der Waals surface area contributed by atoms with Crippen LogP contribution in [0.1, 0.15) is 37.8 Å². The molecule has 20 heavy (non-hydrogen) atoms. The molecule has 0 bridgehead atoms. The minimum Gasteiger partial charge on any atom is -0.314 e. The topological polar surface area (TPSA) is 58.4 Å². The molecule has 2 rings (SSSR count).